The largest absolute Gasteiger partial charge is 0.336 e. The van der Waals surface area contributed by atoms with Crippen molar-refractivity contribution < 1.29 is 22.0 Å². The van der Waals surface area contributed by atoms with Crippen LogP contribution in [-0.2, 0) is 16.6 Å². The number of hydrogen-bond donors (Lipinski definition) is 1. The summed E-state index contributed by atoms with van der Waals surface area (Å²) in [6.07, 6.45) is 1.55. The number of fused-ring (bicyclic) bond motifs is 1. The number of hydrogen-bond acceptors (Lipinski definition) is 5. The molecule has 1 aliphatic heterocycles. The SMILES string of the molecule is Cc1cc(C(=O)N2CCN(Cc3ccc(F)cc3F)CC2)ccc1NS(=O)(=O)c1cccc2cccnc12. The summed E-state index contributed by atoms with van der Waals surface area (Å²) in [4.78, 5) is 21.2. The summed E-state index contributed by atoms with van der Waals surface area (Å²) < 4.78 is 56.1. The van der Waals surface area contributed by atoms with Crippen LogP contribution in [0.2, 0.25) is 0 Å². The van der Waals surface area contributed by atoms with Gasteiger partial charge in [0.1, 0.15) is 16.5 Å². The summed E-state index contributed by atoms with van der Waals surface area (Å²) in [6.45, 7) is 4.11. The number of aromatic nitrogens is 1. The zero-order valence-corrected chi connectivity index (χ0v) is 21.5. The van der Waals surface area contributed by atoms with Gasteiger partial charge in [0.15, 0.2) is 0 Å². The second-order valence-corrected chi connectivity index (χ2v) is 10.9. The molecule has 2 heterocycles. The molecule has 1 aromatic heterocycles. The van der Waals surface area contributed by atoms with E-state index in [4.69, 9.17) is 0 Å². The number of para-hydroxylation sites is 1. The van der Waals surface area contributed by atoms with Gasteiger partial charge in [-0.25, -0.2) is 17.2 Å². The van der Waals surface area contributed by atoms with E-state index in [1.807, 2.05) is 4.90 Å². The Bertz CT molecular complexity index is 1610. The molecule has 0 spiro atoms. The average Bonchev–Trinajstić information content (AvgIpc) is 2.91. The van der Waals surface area contributed by atoms with Crippen molar-refractivity contribution in [3.8, 4) is 0 Å². The molecule has 0 aliphatic carbocycles. The smallest absolute Gasteiger partial charge is 0.264 e. The summed E-state index contributed by atoms with van der Waals surface area (Å²) >= 11 is 0. The number of amides is 1. The maximum absolute atomic E-state index is 14.0. The molecule has 196 valence electrons. The third-order valence-electron chi connectivity index (χ3n) is 6.67. The Morgan fingerprint density at radius 1 is 0.974 bits per heavy atom. The van der Waals surface area contributed by atoms with E-state index in [2.05, 4.69) is 9.71 Å². The van der Waals surface area contributed by atoms with Crippen molar-refractivity contribution in [2.24, 2.45) is 0 Å². The van der Waals surface area contributed by atoms with Crippen molar-refractivity contribution >= 4 is 32.5 Å². The first-order valence-corrected chi connectivity index (χ1v) is 13.6. The summed E-state index contributed by atoms with van der Waals surface area (Å²) in [7, 11) is -3.91. The predicted molar refractivity (Wildman–Crippen MR) is 141 cm³/mol. The molecule has 38 heavy (non-hydrogen) atoms. The number of carbonyl (C=O) groups is 1. The molecule has 7 nitrogen and oxygen atoms in total. The molecule has 0 radical (unpaired) electrons. The molecule has 0 saturated carbocycles. The highest BCUT2D eigenvalue weighted by molar-refractivity contribution is 7.93. The van der Waals surface area contributed by atoms with E-state index in [1.54, 1.807) is 60.5 Å². The van der Waals surface area contributed by atoms with Gasteiger partial charge in [-0.05, 0) is 48.9 Å². The van der Waals surface area contributed by atoms with E-state index in [1.165, 1.54) is 18.2 Å². The Kier molecular flexibility index (Phi) is 7.09. The Labute approximate surface area is 219 Å². The van der Waals surface area contributed by atoms with Gasteiger partial charge in [-0.3, -0.25) is 19.4 Å². The Morgan fingerprint density at radius 3 is 2.47 bits per heavy atom. The van der Waals surface area contributed by atoms with Gasteiger partial charge in [0.25, 0.3) is 15.9 Å². The van der Waals surface area contributed by atoms with Crippen LogP contribution < -0.4 is 4.72 Å². The van der Waals surface area contributed by atoms with Gasteiger partial charge >= 0.3 is 0 Å². The minimum atomic E-state index is -3.91. The van der Waals surface area contributed by atoms with Crippen molar-refractivity contribution in [3.63, 3.8) is 0 Å². The number of halogens is 2. The summed E-state index contributed by atoms with van der Waals surface area (Å²) in [6, 6.07) is 16.9. The molecule has 0 bridgehead atoms. The van der Waals surface area contributed by atoms with E-state index in [9.17, 15) is 22.0 Å². The average molecular weight is 537 g/mol. The highest BCUT2D eigenvalue weighted by Crippen LogP contribution is 2.26. The van der Waals surface area contributed by atoms with Crippen LogP contribution in [0.3, 0.4) is 0 Å². The Morgan fingerprint density at radius 2 is 1.74 bits per heavy atom. The van der Waals surface area contributed by atoms with Crippen molar-refractivity contribution in [2.75, 3.05) is 30.9 Å². The van der Waals surface area contributed by atoms with Crippen LogP contribution in [0, 0.1) is 18.6 Å². The van der Waals surface area contributed by atoms with E-state index in [0.717, 1.165) is 11.5 Å². The van der Waals surface area contributed by atoms with Crippen LogP contribution in [0.25, 0.3) is 10.9 Å². The van der Waals surface area contributed by atoms with Gasteiger partial charge in [0.05, 0.1) is 11.2 Å². The first-order valence-electron chi connectivity index (χ1n) is 12.1. The first-order chi connectivity index (χ1) is 18.2. The fraction of sp³-hybridized carbons (Fsp3) is 0.214. The predicted octanol–water partition coefficient (Wildman–Crippen LogP) is 4.58. The second kappa shape index (κ2) is 10.5. The van der Waals surface area contributed by atoms with Crippen LogP contribution in [0.1, 0.15) is 21.5 Å². The van der Waals surface area contributed by atoms with Crippen molar-refractivity contribution in [1.29, 1.82) is 0 Å². The molecule has 1 amide bonds. The lowest BCUT2D eigenvalue weighted by Crippen LogP contribution is -2.48. The van der Waals surface area contributed by atoms with E-state index < -0.39 is 21.7 Å². The molecule has 1 aliphatic rings. The zero-order valence-electron chi connectivity index (χ0n) is 20.7. The van der Waals surface area contributed by atoms with E-state index >= 15 is 0 Å². The quantitative estimate of drug-likeness (QED) is 0.390. The minimum Gasteiger partial charge on any atom is -0.336 e. The summed E-state index contributed by atoms with van der Waals surface area (Å²) in [5.74, 6) is -1.35. The first kappa shape index (κ1) is 25.7. The highest BCUT2D eigenvalue weighted by atomic mass is 32.2. The molecule has 1 saturated heterocycles. The van der Waals surface area contributed by atoms with Crippen LogP contribution >= 0.6 is 0 Å². The number of nitrogens with one attached hydrogen (secondary N) is 1. The molecule has 3 aromatic carbocycles. The lowest BCUT2D eigenvalue weighted by molar-refractivity contribution is 0.0627. The fourth-order valence-electron chi connectivity index (χ4n) is 4.59. The normalized spacial score (nSPS) is 14.6. The minimum absolute atomic E-state index is 0.0774. The molecular formula is C28H26F2N4O3S. The number of carbonyl (C=O) groups excluding carboxylic acids is 1. The number of benzene rings is 3. The topological polar surface area (TPSA) is 82.6 Å². The van der Waals surface area contributed by atoms with Crippen molar-refractivity contribution in [1.82, 2.24) is 14.8 Å². The lowest BCUT2D eigenvalue weighted by atomic mass is 10.1. The molecule has 0 atom stereocenters. The number of aryl methyl sites for hydroxylation is 1. The zero-order chi connectivity index (χ0) is 26.9. The number of pyridine rings is 1. The van der Waals surface area contributed by atoms with Gasteiger partial charge in [0, 0.05) is 61.5 Å². The molecule has 1 N–H and O–H groups in total. The number of rotatable bonds is 6. The monoisotopic (exact) mass is 536 g/mol. The maximum Gasteiger partial charge on any atom is 0.264 e. The third kappa shape index (κ3) is 5.36. The highest BCUT2D eigenvalue weighted by Gasteiger charge is 2.24. The fourth-order valence-corrected chi connectivity index (χ4v) is 5.90. The maximum atomic E-state index is 14.0. The molecule has 4 aromatic rings. The number of nitrogens with zero attached hydrogens (tertiary/aromatic N) is 3. The molecule has 0 unspecified atom stereocenters. The lowest BCUT2D eigenvalue weighted by Gasteiger charge is -2.35. The van der Waals surface area contributed by atoms with Gasteiger partial charge in [0.2, 0.25) is 0 Å². The second-order valence-electron chi connectivity index (χ2n) is 9.27. The number of sulfonamides is 1. The third-order valence-corrected chi connectivity index (χ3v) is 8.07. The summed E-state index contributed by atoms with van der Waals surface area (Å²) in [5, 5.41) is 0.718. The Hall–Kier alpha value is -3.89. The number of piperazine rings is 1. The van der Waals surface area contributed by atoms with Crippen molar-refractivity contribution in [2.45, 2.75) is 18.4 Å². The van der Waals surface area contributed by atoms with Crippen LogP contribution in [-0.4, -0.2) is 55.3 Å². The summed E-state index contributed by atoms with van der Waals surface area (Å²) in [5.41, 5.74) is 2.24. The van der Waals surface area contributed by atoms with Crippen LogP contribution in [0.5, 0.6) is 0 Å². The van der Waals surface area contributed by atoms with E-state index in [-0.39, 0.29) is 10.8 Å². The Balaban J connectivity index is 1.25. The van der Waals surface area contributed by atoms with Crippen LogP contribution in [0.15, 0.2) is 77.8 Å². The van der Waals surface area contributed by atoms with Crippen LogP contribution in [0.4, 0.5) is 14.5 Å². The van der Waals surface area contributed by atoms with Gasteiger partial charge in [-0.1, -0.05) is 24.3 Å². The standard InChI is InChI=1S/C28H26F2N4O3S/c1-19-16-21(28(35)34-14-12-33(13-15-34)18-22-7-9-23(29)17-24(22)30)8-10-25(19)32-38(36,37)26-6-2-4-20-5-3-11-31-27(20)26/h2-11,16-17,32H,12-15,18H2,1H3. The molecule has 5 rings (SSSR count). The van der Waals surface area contributed by atoms with Crippen molar-refractivity contribution in [3.05, 3.63) is 101 Å². The van der Waals surface area contributed by atoms with Gasteiger partial charge in [-0.2, -0.15) is 0 Å². The van der Waals surface area contributed by atoms with E-state index in [0.29, 0.717) is 60.6 Å². The molecule has 10 heteroatoms. The number of anilines is 1. The van der Waals surface area contributed by atoms with Gasteiger partial charge in [-0.15, -0.1) is 0 Å². The molecule has 1 fully saturated rings. The molecular weight excluding hydrogens is 510 g/mol. The van der Waals surface area contributed by atoms with Gasteiger partial charge < -0.3 is 4.90 Å².